The van der Waals surface area contributed by atoms with E-state index in [-0.39, 0.29) is 18.1 Å². The molecule has 1 aliphatic rings. The molecular weight excluding hydrogens is 355 g/mol. The van der Waals surface area contributed by atoms with E-state index in [4.69, 9.17) is 9.47 Å². The molecule has 27 heavy (non-hydrogen) atoms. The molecular formula is C17H15FN6O3. The zero-order valence-corrected chi connectivity index (χ0v) is 14.3. The predicted molar refractivity (Wildman–Crippen MR) is 93.1 cm³/mol. The van der Waals surface area contributed by atoms with E-state index in [9.17, 15) is 9.18 Å². The Kier molecular flexibility index (Phi) is 4.29. The van der Waals surface area contributed by atoms with Gasteiger partial charge in [0.15, 0.2) is 11.5 Å². The van der Waals surface area contributed by atoms with Crippen molar-refractivity contribution in [2.75, 3.05) is 6.79 Å². The molecule has 4 rings (SSSR count). The first-order valence-corrected chi connectivity index (χ1v) is 8.16. The zero-order chi connectivity index (χ0) is 18.8. The van der Waals surface area contributed by atoms with Crippen LogP contribution in [-0.4, -0.2) is 38.9 Å². The van der Waals surface area contributed by atoms with Crippen molar-refractivity contribution in [3.8, 4) is 22.8 Å². The van der Waals surface area contributed by atoms with Gasteiger partial charge in [-0.1, -0.05) is 0 Å². The maximum atomic E-state index is 13.8. The van der Waals surface area contributed by atoms with E-state index in [0.717, 1.165) is 5.56 Å². The third-order valence-electron chi connectivity index (χ3n) is 3.96. The molecule has 1 aliphatic heterocycles. The van der Waals surface area contributed by atoms with Crippen molar-refractivity contribution in [1.82, 2.24) is 25.4 Å². The second kappa shape index (κ2) is 6.90. The molecule has 0 radical (unpaired) electrons. The van der Waals surface area contributed by atoms with Crippen LogP contribution in [0.5, 0.6) is 11.5 Å². The number of nitrogens with zero attached hydrogens (tertiary/aromatic N) is 4. The Morgan fingerprint density at radius 1 is 1.41 bits per heavy atom. The number of ether oxygens (including phenoxy) is 2. The smallest absolute Gasteiger partial charge is 0.289 e. The largest absolute Gasteiger partial charge is 0.454 e. The van der Waals surface area contributed by atoms with Gasteiger partial charge in [-0.05, 0) is 31.2 Å². The fourth-order valence-corrected chi connectivity index (χ4v) is 2.55. The topological polar surface area (TPSA) is 106 Å². The van der Waals surface area contributed by atoms with Crippen LogP contribution in [0, 0.1) is 5.95 Å². The molecule has 0 fully saturated rings. The summed E-state index contributed by atoms with van der Waals surface area (Å²) in [5, 5.41) is 14.4. The number of benzene rings is 1. The molecule has 0 aliphatic carbocycles. The Bertz CT molecular complexity index is 1030. The molecule has 0 saturated carbocycles. The summed E-state index contributed by atoms with van der Waals surface area (Å²) in [4.78, 5) is 12.2. The van der Waals surface area contributed by atoms with Crippen LogP contribution >= 0.6 is 0 Å². The highest BCUT2D eigenvalue weighted by atomic mass is 19.1. The predicted octanol–water partition coefficient (Wildman–Crippen LogP) is 1.92. The molecule has 138 valence electrons. The Labute approximate surface area is 152 Å². The van der Waals surface area contributed by atoms with E-state index in [1.807, 2.05) is 6.07 Å². The number of amides is 1. The number of aromatic amines is 1. The zero-order valence-electron chi connectivity index (χ0n) is 14.3. The summed E-state index contributed by atoms with van der Waals surface area (Å²) in [5.74, 6) is 0.275. The summed E-state index contributed by atoms with van der Waals surface area (Å²) in [6.07, 6.45) is 2.53. The van der Waals surface area contributed by atoms with Crippen LogP contribution in [0.3, 0.4) is 0 Å². The van der Waals surface area contributed by atoms with Crippen molar-refractivity contribution in [2.24, 2.45) is 5.10 Å². The maximum Gasteiger partial charge on any atom is 0.289 e. The van der Waals surface area contributed by atoms with Gasteiger partial charge in [0.2, 0.25) is 12.7 Å². The summed E-state index contributed by atoms with van der Waals surface area (Å²) < 4.78 is 25.6. The molecule has 2 N–H and O–H groups in total. The summed E-state index contributed by atoms with van der Waals surface area (Å²) in [7, 11) is 0. The van der Waals surface area contributed by atoms with Gasteiger partial charge in [-0.2, -0.15) is 19.7 Å². The van der Waals surface area contributed by atoms with Crippen LogP contribution in [0.2, 0.25) is 0 Å². The Balaban J connectivity index is 1.44. The standard InChI is InChI=1S/C17H15FN6O3/c1-2-24-16(18)11(8-20-24)7-19-23-17(25)13-6-12(21-22-13)10-3-4-14-15(5-10)27-9-26-14/h3-8H,2,9H2,1H3,(H,21,22)(H,23,25)/b19-7-. The van der Waals surface area contributed by atoms with Crippen molar-refractivity contribution >= 4 is 12.1 Å². The van der Waals surface area contributed by atoms with Crippen LogP contribution in [-0.2, 0) is 6.54 Å². The van der Waals surface area contributed by atoms with Crippen LogP contribution in [0.1, 0.15) is 23.0 Å². The quantitative estimate of drug-likeness (QED) is 0.527. The van der Waals surface area contributed by atoms with E-state index >= 15 is 0 Å². The average molecular weight is 370 g/mol. The molecule has 2 aromatic heterocycles. The number of hydrazone groups is 1. The Morgan fingerprint density at radius 2 is 2.26 bits per heavy atom. The lowest BCUT2D eigenvalue weighted by Gasteiger charge is -1.99. The van der Waals surface area contributed by atoms with Gasteiger partial charge in [-0.3, -0.25) is 9.89 Å². The average Bonchev–Trinajstić information content (AvgIpc) is 3.41. The van der Waals surface area contributed by atoms with Gasteiger partial charge in [0.25, 0.3) is 5.91 Å². The Morgan fingerprint density at radius 3 is 3.07 bits per heavy atom. The maximum absolute atomic E-state index is 13.8. The minimum Gasteiger partial charge on any atom is -0.454 e. The molecule has 0 saturated heterocycles. The first-order valence-electron chi connectivity index (χ1n) is 8.16. The second-order valence-corrected chi connectivity index (χ2v) is 5.64. The lowest BCUT2D eigenvalue weighted by atomic mass is 10.1. The van der Waals surface area contributed by atoms with Gasteiger partial charge in [-0.15, -0.1) is 0 Å². The minimum absolute atomic E-state index is 0.183. The lowest BCUT2D eigenvalue weighted by molar-refractivity contribution is 0.0950. The normalized spacial score (nSPS) is 12.7. The van der Waals surface area contributed by atoms with E-state index < -0.39 is 11.9 Å². The van der Waals surface area contributed by atoms with E-state index in [1.165, 1.54) is 17.1 Å². The van der Waals surface area contributed by atoms with Gasteiger partial charge in [0.1, 0.15) is 5.69 Å². The summed E-state index contributed by atoms with van der Waals surface area (Å²) in [6.45, 7) is 2.36. The number of aromatic nitrogens is 4. The van der Waals surface area contributed by atoms with Gasteiger partial charge in [-0.25, -0.2) is 10.1 Å². The number of hydrogen-bond donors (Lipinski definition) is 2. The van der Waals surface area contributed by atoms with Crippen molar-refractivity contribution in [3.05, 3.63) is 47.7 Å². The fraction of sp³-hybridized carbons (Fsp3) is 0.176. The third-order valence-corrected chi connectivity index (χ3v) is 3.96. The summed E-state index contributed by atoms with van der Waals surface area (Å²) >= 11 is 0. The Hall–Kier alpha value is -3.69. The van der Waals surface area contributed by atoms with Crippen LogP contribution in [0.25, 0.3) is 11.3 Å². The second-order valence-electron chi connectivity index (χ2n) is 5.64. The molecule has 1 aromatic carbocycles. The number of nitrogens with one attached hydrogen (secondary N) is 2. The molecule has 0 atom stereocenters. The molecule has 9 nitrogen and oxygen atoms in total. The first kappa shape index (κ1) is 16.8. The van der Waals surface area contributed by atoms with Crippen molar-refractivity contribution in [2.45, 2.75) is 13.5 Å². The number of rotatable bonds is 5. The summed E-state index contributed by atoms with van der Waals surface area (Å²) in [5.41, 5.74) is 4.05. The van der Waals surface area contributed by atoms with Gasteiger partial charge >= 0.3 is 0 Å². The summed E-state index contributed by atoms with van der Waals surface area (Å²) in [6, 6.07) is 6.96. The van der Waals surface area contributed by atoms with Crippen LogP contribution < -0.4 is 14.9 Å². The number of aryl methyl sites for hydroxylation is 1. The van der Waals surface area contributed by atoms with Gasteiger partial charge < -0.3 is 9.47 Å². The van der Waals surface area contributed by atoms with Crippen LogP contribution in [0.4, 0.5) is 4.39 Å². The number of carbonyl (C=O) groups excluding carboxylic acids is 1. The minimum atomic E-state index is -0.512. The number of hydrogen-bond acceptors (Lipinski definition) is 6. The van der Waals surface area contributed by atoms with E-state index in [1.54, 1.807) is 25.1 Å². The van der Waals surface area contributed by atoms with E-state index in [2.05, 4.69) is 25.8 Å². The molecule has 3 aromatic rings. The highest BCUT2D eigenvalue weighted by Gasteiger charge is 2.16. The number of H-pyrrole nitrogens is 1. The van der Waals surface area contributed by atoms with Gasteiger partial charge in [0.05, 0.1) is 23.7 Å². The number of halogens is 1. The molecule has 0 unspecified atom stereocenters. The third kappa shape index (κ3) is 3.24. The SMILES string of the molecule is CCn1ncc(/C=N\NC(=O)c2cc(-c3ccc4c(c3)OCO4)n[nH]2)c1F. The first-order chi connectivity index (χ1) is 13.2. The van der Waals surface area contributed by atoms with Crippen molar-refractivity contribution in [3.63, 3.8) is 0 Å². The highest BCUT2D eigenvalue weighted by Crippen LogP contribution is 2.35. The van der Waals surface area contributed by atoms with Gasteiger partial charge in [0, 0.05) is 12.1 Å². The van der Waals surface area contributed by atoms with Crippen LogP contribution in [0.15, 0.2) is 35.6 Å². The molecule has 0 spiro atoms. The van der Waals surface area contributed by atoms with E-state index in [0.29, 0.717) is 23.7 Å². The lowest BCUT2D eigenvalue weighted by Crippen LogP contribution is -2.18. The molecule has 10 heteroatoms. The molecule has 0 bridgehead atoms. The highest BCUT2D eigenvalue weighted by molar-refractivity contribution is 5.94. The number of carbonyl (C=O) groups is 1. The molecule has 1 amide bonds. The van der Waals surface area contributed by atoms with Crippen molar-refractivity contribution < 1.29 is 18.7 Å². The monoisotopic (exact) mass is 370 g/mol. The molecule has 3 heterocycles. The van der Waals surface area contributed by atoms with Crippen molar-refractivity contribution in [1.29, 1.82) is 0 Å². The fourth-order valence-electron chi connectivity index (χ4n) is 2.55. The number of fused-ring (bicyclic) bond motifs is 1.